The van der Waals surface area contributed by atoms with Gasteiger partial charge in [-0.15, -0.1) is 0 Å². The maximum Gasteiger partial charge on any atom is 0.333 e. The Bertz CT molecular complexity index is 1320. The number of carbonyl (C=O) groups excluding carboxylic acids is 1. The number of halogens is 2. The van der Waals surface area contributed by atoms with Gasteiger partial charge >= 0.3 is 5.69 Å². The van der Waals surface area contributed by atoms with Crippen LogP contribution in [0.15, 0.2) is 67.6 Å². The largest absolute Gasteiger partial charge is 0.494 e. The minimum Gasteiger partial charge on any atom is -0.494 e. The van der Waals surface area contributed by atoms with Crippen molar-refractivity contribution in [3.05, 3.63) is 85.2 Å². The van der Waals surface area contributed by atoms with Gasteiger partial charge in [-0.2, -0.15) is 0 Å². The number of hydrogen-bond acceptors (Lipinski definition) is 6. The zero-order valence-corrected chi connectivity index (χ0v) is 19.4. The molecule has 0 saturated heterocycles. The summed E-state index contributed by atoms with van der Waals surface area (Å²) in [7, 11) is 2.59. The number of aromatic hydroxyl groups is 1. The number of aromatic nitrogens is 2. The van der Waals surface area contributed by atoms with E-state index in [2.05, 4.69) is 26.2 Å². The molecule has 3 aromatic rings. The van der Waals surface area contributed by atoms with Crippen molar-refractivity contribution < 1.29 is 14.3 Å². The number of amides is 1. The number of benzene rings is 2. The van der Waals surface area contributed by atoms with Gasteiger partial charge in [0.05, 0.1) is 17.1 Å². The number of aliphatic imine (C=N–C) groups is 1. The van der Waals surface area contributed by atoms with Crippen molar-refractivity contribution in [2.24, 2.45) is 19.1 Å². The Labute approximate surface area is 194 Å². The molecule has 0 aliphatic rings. The SMILES string of the molecule is Cn1c(O)c(C(=Nc2ccccc2)SCC(=O)Nc2ccc(Br)cc2F)c(=O)n(C)c1=O. The molecule has 1 aromatic heterocycles. The van der Waals surface area contributed by atoms with Crippen LogP contribution in [0.1, 0.15) is 5.56 Å². The molecule has 0 fully saturated rings. The molecule has 0 spiro atoms. The quantitative estimate of drug-likeness (QED) is 0.397. The Balaban J connectivity index is 1.95. The van der Waals surface area contributed by atoms with E-state index in [-0.39, 0.29) is 22.0 Å². The van der Waals surface area contributed by atoms with Crippen LogP contribution in [-0.4, -0.2) is 30.9 Å². The summed E-state index contributed by atoms with van der Waals surface area (Å²) in [5.74, 6) is -1.95. The Morgan fingerprint density at radius 2 is 1.84 bits per heavy atom. The van der Waals surface area contributed by atoms with E-state index in [0.29, 0.717) is 10.2 Å². The summed E-state index contributed by atoms with van der Waals surface area (Å²) in [6, 6.07) is 12.8. The van der Waals surface area contributed by atoms with Crippen LogP contribution in [0.5, 0.6) is 5.88 Å². The molecule has 0 bridgehead atoms. The number of para-hydroxylation sites is 1. The van der Waals surface area contributed by atoms with Crippen molar-refractivity contribution in [3.8, 4) is 5.88 Å². The molecule has 0 aliphatic carbocycles. The standard InChI is InChI=1S/C21H18BrFN4O4S/c1-26-19(29)17(20(30)27(2)21(26)31)18(24-13-6-4-3-5-7-13)32-11-16(28)25-15-9-8-12(22)10-14(15)23/h3-10,29H,11H2,1-2H3,(H,25,28). The van der Waals surface area contributed by atoms with Crippen LogP contribution < -0.4 is 16.6 Å². The van der Waals surface area contributed by atoms with E-state index in [1.165, 1.54) is 26.2 Å². The topological polar surface area (TPSA) is 106 Å². The van der Waals surface area contributed by atoms with Crippen molar-refractivity contribution in [1.29, 1.82) is 0 Å². The fourth-order valence-electron chi connectivity index (χ4n) is 2.71. The highest BCUT2D eigenvalue weighted by Crippen LogP contribution is 2.24. The number of carbonyl (C=O) groups is 1. The molecule has 2 N–H and O–H groups in total. The molecular weight excluding hydrogens is 503 g/mol. The second-order valence-corrected chi connectivity index (χ2v) is 8.50. The molecule has 0 unspecified atom stereocenters. The summed E-state index contributed by atoms with van der Waals surface area (Å²) in [6.45, 7) is 0. The summed E-state index contributed by atoms with van der Waals surface area (Å²) >= 11 is 4.02. The van der Waals surface area contributed by atoms with Crippen molar-refractivity contribution in [2.45, 2.75) is 0 Å². The van der Waals surface area contributed by atoms with Gasteiger partial charge in [0.15, 0.2) is 0 Å². The van der Waals surface area contributed by atoms with E-state index in [4.69, 9.17) is 0 Å². The summed E-state index contributed by atoms with van der Waals surface area (Å²) in [5, 5.41) is 13.0. The van der Waals surface area contributed by atoms with Crippen LogP contribution in [-0.2, 0) is 18.9 Å². The number of anilines is 1. The molecule has 11 heteroatoms. The van der Waals surface area contributed by atoms with Crippen molar-refractivity contribution >= 4 is 50.0 Å². The maximum absolute atomic E-state index is 14.0. The number of hydrogen-bond donors (Lipinski definition) is 2. The van der Waals surface area contributed by atoms with Crippen LogP contribution in [0.2, 0.25) is 0 Å². The zero-order chi connectivity index (χ0) is 23.4. The van der Waals surface area contributed by atoms with Crippen LogP contribution in [0.3, 0.4) is 0 Å². The van der Waals surface area contributed by atoms with Gasteiger partial charge in [-0.3, -0.25) is 18.7 Å². The Kier molecular flexibility index (Phi) is 7.31. The smallest absolute Gasteiger partial charge is 0.333 e. The molecule has 8 nitrogen and oxygen atoms in total. The number of rotatable bonds is 5. The van der Waals surface area contributed by atoms with Gasteiger partial charge < -0.3 is 10.4 Å². The number of thioether (sulfide) groups is 1. The molecule has 1 amide bonds. The first-order valence-electron chi connectivity index (χ1n) is 9.20. The maximum atomic E-state index is 14.0. The van der Waals surface area contributed by atoms with Crippen molar-refractivity contribution in [1.82, 2.24) is 9.13 Å². The first kappa shape index (κ1) is 23.5. The molecule has 166 valence electrons. The predicted octanol–water partition coefficient (Wildman–Crippen LogP) is 3.14. The highest BCUT2D eigenvalue weighted by atomic mass is 79.9. The lowest BCUT2D eigenvalue weighted by Crippen LogP contribution is -2.39. The minimum absolute atomic E-state index is 0.00113. The van der Waals surface area contributed by atoms with Crippen LogP contribution in [0.4, 0.5) is 15.8 Å². The molecule has 1 heterocycles. The van der Waals surface area contributed by atoms with E-state index in [0.717, 1.165) is 20.9 Å². The lowest BCUT2D eigenvalue weighted by atomic mass is 10.3. The van der Waals surface area contributed by atoms with Gasteiger partial charge in [0.1, 0.15) is 16.4 Å². The minimum atomic E-state index is -0.757. The van der Waals surface area contributed by atoms with E-state index < -0.39 is 28.9 Å². The zero-order valence-electron chi connectivity index (χ0n) is 17.0. The molecule has 32 heavy (non-hydrogen) atoms. The Morgan fingerprint density at radius 3 is 2.50 bits per heavy atom. The molecule has 0 aliphatic heterocycles. The third kappa shape index (κ3) is 5.17. The molecule has 2 aromatic carbocycles. The van der Waals surface area contributed by atoms with E-state index in [1.54, 1.807) is 36.4 Å². The van der Waals surface area contributed by atoms with Crippen molar-refractivity contribution in [3.63, 3.8) is 0 Å². The van der Waals surface area contributed by atoms with Gasteiger partial charge in [0, 0.05) is 18.6 Å². The molecule has 0 atom stereocenters. The van der Waals surface area contributed by atoms with E-state index >= 15 is 0 Å². The van der Waals surface area contributed by atoms with Crippen LogP contribution in [0, 0.1) is 5.82 Å². The monoisotopic (exact) mass is 520 g/mol. The predicted molar refractivity (Wildman–Crippen MR) is 126 cm³/mol. The fraction of sp³-hybridized carbons (Fsp3) is 0.143. The van der Waals surface area contributed by atoms with Crippen molar-refractivity contribution in [2.75, 3.05) is 11.1 Å². The highest BCUT2D eigenvalue weighted by Gasteiger charge is 2.22. The van der Waals surface area contributed by atoms with Gasteiger partial charge in [-0.25, -0.2) is 14.2 Å². The van der Waals surface area contributed by atoms with Gasteiger partial charge in [-0.1, -0.05) is 45.9 Å². The third-order valence-electron chi connectivity index (χ3n) is 4.38. The van der Waals surface area contributed by atoms with E-state index in [1.807, 2.05) is 0 Å². The van der Waals surface area contributed by atoms with Gasteiger partial charge in [-0.05, 0) is 30.3 Å². The fourth-order valence-corrected chi connectivity index (χ4v) is 3.88. The molecule has 0 radical (unpaired) electrons. The average molecular weight is 521 g/mol. The first-order chi connectivity index (χ1) is 15.2. The molecule has 3 rings (SSSR count). The molecular formula is C21H18BrFN4O4S. The normalized spacial score (nSPS) is 11.4. The van der Waals surface area contributed by atoms with Crippen LogP contribution in [0.25, 0.3) is 0 Å². The summed E-state index contributed by atoms with van der Waals surface area (Å²) in [4.78, 5) is 41.7. The second kappa shape index (κ2) is 9.96. The summed E-state index contributed by atoms with van der Waals surface area (Å²) in [6.07, 6.45) is 0. The molecule has 0 saturated carbocycles. The van der Waals surface area contributed by atoms with Gasteiger partial charge in [0.25, 0.3) is 5.56 Å². The number of nitrogens with zero attached hydrogens (tertiary/aromatic N) is 3. The lowest BCUT2D eigenvalue weighted by Gasteiger charge is -2.12. The summed E-state index contributed by atoms with van der Waals surface area (Å²) in [5.41, 5.74) is -1.20. The highest BCUT2D eigenvalue weighted by molar-refractivity contribution is 9.10. The second-order valence-electron chi connectivity index (χ2n) is 6.62. The van der Waals surface area contributed by atoms with Gasteiger partial charge in [0.2, 0.25) is 11.8 Å². The summed E-state index contributed by atoms with van der Waals surface area (Å²) < 4.78 is 16.3. The first-order valence-corrected chi connectivity index (χ1v) is 11.0. The Morgan fingerprint density at radius 1 is 1.16 bits per heavy atom. The third-order valence-corrected chi connectivity index (χ3v) is 5.85. The Hall–Kier alpha value is -3.18. The van der Waals surface area contributed by atoms with Crippen LogP contribution >= 0.6 is 27.7 Å². The lowest BCUT2D eigenvalue weighted by molar-refractivity contribution is -0.113. The average Bonchev–Trinajstić information content (AvgIpc) is 2.77. The number of nitrogens with one attached hydrogen (secondary N) is 1. The van der Waals surface area contributed by atoms with E-state index in [9.17, 15) is 23.9 Å².